The van der Waals surface area contributed by atoms with Crippen LogP contribution in [0.2, 0.25) is 0 Å². The maximum absolute atomic E-state index is 13.0. The van der Waals surface area contributed by atoms with Crippen molar-refractivity contribution in [3.05, 3.63) is 35.6 Å². The summed E-state index contributed by atoms with van der Waals surface area (Å²) in [5.74, 6) is -0.265. The lowest BCUT2D eigenvalue weighted by molar-refractivity contribution is -0.144. The molecule has 2 atom stereocenters. The van der Waals surface area contributed by atoms with Crippen molar-refractivity contribution in [1.82, 2.24) is 9.80 Å². The van der Waals surface area contributed by atoms with E-state index in [1.165, 1.54) is 12.1 Å². The first-order chi connectivity index (χ1) is 10.6. The molecule has 0 bridgehead atoms. The normalized spacial score (nSPS) is 27.6. The molecule has 0 N–H and O–H groups in total. The van der Waals surface area contributed by atoms with Crippen LogP contribution >= 0.6 is 0 Å². The smallest absolute Gasteiger partial charge is 0.323 e. The van der Waals surface area contributed by atoms with E-state index in [-0.39, 0.29) is 23.9 Å². The molecular weight excluding hydrogens is 283 g/mol. The largest absolute Gasteiger partial charge is 0.461 e. The fourth-order valence-electron chi connectivity index (χ4n) is 3.34. The van der Waals surface area contributed by atoms with Crippen molar-refractivity contribution in [2.75, 3.05) is 26.2 Å². The number of halogens is 1. The van der Waals surface area contributed by atoms with E-state index in [1.54, 1.807) is 0 Å². The molecule has 0 saturated carbocycles. The summed E-state index contributed by atoms with van der Waals surface area (Å²) < 4.78 is 18.2. The van der Waals surface area contributed by atoms with Crippen LogP contribution in [-0.2, 0) is 16.1 Å². The number of nitrogens with zero attached hydrogens (tertiary/aromatic N) is 2. The van der Waals surface area contributed by atoms with Crippen LogP contribution in [0.5, 0.6) is 0 Å². The van der Waals surface area contributed by atoms with E-state index in [0.717, 1.165) is 51.1 Å². The van der Waals surface area contributed by atoms with Crippen molar-refractivity contribution in [3.8, 4) is 0 Å². The van der Waals surface area contributed by atoms with Gasteiger partial charge in [-0.15, -0.1) is 0 Å². The van der Waals surface area contributed by atoms with Crippen LogP contribution in [0, 0.1) is 5.82 Å². The number of cyclic esters (lactones) is 1. The van der Waals surface area contributed by atoms with Gasteiger partial charge in [0.15, 0.2) is 0 Å². The zero-order valence-electron chi connectivity index (χ0n) is 13.0. The Morgan fingerprint density at radius 1 is 1.18 bits per heavy atom. The molecule has 2 unspecified atom stereocenters. The van der Waals surface area contributed by atoms with E-state index < -0.39 is 0 Å². The molecule has 1 aromatic rings. The van der Waals surface area contributed by atoms with Crippen molar-refractivity contribution in [1.29, 1.82) is 0 Å². The van der Waals surface area contributed by atoms with Gasteiger partial charge in [-0.25, -0.2) is 4.39 Å². The number of carbonyl (C=O) groups excluding carboxylic acids is 1. The molecule has 4 nitrogen and oxygen atoms in total. The number of esters is 1. The molecule has 1 aromatic carbocycles. The molecule has 2 fully saturated rings. The third kappa shape index (κ3) is 3.65. The van der Waals surface area contributed by atoms with Crippen LogP contribution in [0.15, 0.2) is 24.3 Å². The van der Waals surface area contributed by atoms with Crippen molar-refractivity contribution in [2.45, 2.75) is 38.5 Å². The number of ether oxygens (including phenoxy) is 1. The molecule has 5 heteroatoms. The van der Waals surface area contributed by atoms with Gasteiger partial charge in [-0.1, -0.05) is 12.1 Å². The fraction of sp³-hybridized carbons (Fsp3) is 0.588. The van der Waals surface area contributed by atoms with E-state index in [2.05, 4.69) is 9.80 Å². The standard InChI is InChI=1S/C17H23FN2O2/c1-13-11-16(17(21)22-13)20-8-2-7-19(9-10-20)12-14-3-5-15(18)6-4-14/h3-6,13,16H,2,7-12H2,1H3. The monoisotopic (exact) mass is 306 g/mol. The lowest BCUT2D eigenvalue weighted by Crippen LogP contribution is -2.41. The molecule has 0 aromatic heterocycles. The van der Waals surface area contributed by atoms with Crippen LogP contribution in [0.3, 0.4) is 0 Å². The van der Waals surface area contributed by atoms with Gasteiger partial charge in [0.25, 0.3) is 0 Å². The maximum atomic E-state index is 13.0. The van der Waals surface area contributed by atoms with Gasteiger partial charge in [0.05, 0.1) is 0 Å². The van der Waals surface area contributed by atoms with Crippen LogP contribution < -0.4 is 0 Å². The van der Waals surface area contributed by atoms with Gasteiger partial charge in [-0.3, -0.25) is 14.6 Å². The quantitative estimate of drug-likeness (QED) is 0.800. The van der Waals surface area contributed by atoms with Crippen molar-refractivity contribution < 1.29 is 13.9 Å². The van der Waals surface area contributed by atoms with E-state index in [9.17, 15) is 9.18 Å². The van der Waals surface area contributed by atoms with Crippen molar-refractivity contribution in [2.24, 2.45) is 0 Å². The SMILES string of the molecule is CC1CC(N2CCCN(Cc3ccc(F)cc3)CC2)C(=O)O1. The lowest BCUT2D eigenvalue weighted by Gasteiger charge is -2.24. The first-order valence-corrected chi connectivity index (χ1v) is 8.03. The van der Waals surface area contributed by atoms with Gasteiger partial charge in [-0.05, 0) is 37.6 Å². The second-order valence-corrected chi connectivity index (χ2v) is 6.29. The third-order valence-electron chi connectivity index (χ3n) is 4.53. The fourth-order valence-corrected chi connectivity index (χ4v) is 3.34. The van der Waals surface area contributed by atoms with Gasteiger partial charge in [0, 0.05) is 32.6 Å². The summed E-state index contributed by atoms with van der Waals surface area (Å²) in [6.07, 6.45) is 1.88. The summed E-state index contributed by atoms with van der Waals surface area (Å²) >= 11 is 0. The molecule has 2 heterocycles. The molecule has 0 amide bonds. The van der Waals surface area contributed by atoms with Crippen molar-refractivity contribution in [3.63, 3.8) is 0 Å². The Bertz CT molecular complexity index is 520. The van der Waals surface area contributed by atoms with E-state index >= 15 is 0 Å². The summed E-state index contributed by atoms with van der Waals surface area (Å²) in [6, 6.07) is 6.63. The molecule has 2 aliphatic heterocycles. The van der Waals surface area contributed by atoms with Crippen LogP contribution in [0.4, 0.5) is 4.39 Å². The maximum Gasteiger partial charge on any atom is 0.323 e. The van der Waals surface area contributed by atoms with E-state index in [0.29, 0.717) is 0 Å². The van der Waals surface area contributed by atoms with Gasteiger partial charge in [0.1, 0.15) is 18.0 Å². The minimum Gasteiger partial charge on any atom is -0.461 e. The van der Waals surface area contributed by atoms with E-state index in [4.69, 9.17) is 4.74 Å². The van der Waals surface area contributed by atoms with Gasteiger partial charge in [0.2, 0.25) is 0 Å². The van der Waals surface area contributed by atoms with Crippen LogP contribution in [0.1, 0.15) is 25.3 Å². The Balaban J connectivity index is 1.55. The summed E-state index contributed by atoms with van der Waals surface area (Å²) in [4.78, 5) is 16.5. The number of hydrogen-bond acceptors (Lipinski definition) is 4. The summed E-state index contributed by atoms with van der Waals surface area (Å²) in [5.41, 5.74) is 1.13. The Morgan fingerprint density at radius 2 is 1.95 bits per heavy atom. The second-order valence-electron chi connectivity index (χ2n) is 6.29. The average molecular weight is 306 g/mol. The molecule has 22 heavy (non-hydrogen) atoms. The second kappa shape index (κ2) is 6.75. The first kappa shape index (κ1) is 15.4. The zero-order valence-corrected chi connectivity index (χ0v) is 13.0. The predicted octanol–water partition coefficient (Wildman–Crippen LogP) is 2.04. The van der Waals surface area contributed by atoms with Crippen LogP contribution in [-0.4, -0.2) is 54.1 Å². The van der Waals surface area contributed by atoms with Gasteiger partial charge in [-0.2, -0.15) is 0 Å². The highest BCUT2D eigenvalue weighted by molar-refractivity contribution is 5.77. The molecule has 0 aliphatic carbocycles. The summed E-state index contributed by atoms with van der Waals surface area (Å²) in [7, 11) is 0. The van der Waals surface area contributed by atoms with Gasteiger partial charge < -0.3 is 4.74 Å². The molecule has 0 spiro atoms. The average Bonchev–Trinajstić information content (AvgIpc) is 2.70. The van der Waals surface area contributed by atoms with Gasteiger partial charge >= 0.3 is 5.97 Å². The highest BCUT2D eigenvalue weighted by Crippen LogP contribution is 2.21. The zero-order chi connectivity index (χ0) is 15.5. The van der Waals surface area contributed by atoms with Crippen LogP contribution in [0.25, 0.3) is 0 Å². The lowest BCUT2D eigenvalue weighted by atomic mass is 10.1. The topological polar surface area (TPSA) is 32.8 Å². The minimum absolute atomic E-state index is 0.0380. The predicted molar refractivity (Wildman–Crippen MR) is 81.8 cm³/mol. The van der Waals surface area contributed by atoms with Crippen molar-refractivity contribution >= 4 is 5.97 Å². The molecule has 120 valence electrons. The molecule has 0 radical (unpaired) electrons. The minimum atomic E-state index is -0.195. The summed E-state index contributed by atoms with van der Waals surface area (Å²) in [5, 5.41) is 0. The number of rotatable bonds is 3. The first-order valence-electron chi connectivity index (χ1n) is 8.03. The highest BCUT2D eigenvalue weighted by atomic mass is 19.1. The number of benzene rings is 1. The molecule has 2 aliphatic rings. The third-order valence-corrected chi connectivity index (χ3v) is 4.53. The molecule has 2 saturated heterocycles. The Morgan fingerprint density at radius 3 is 2.64 bits per heavy atom. The Kier molecular flexibility index (Phi) is 4.74. The number of carbonyl (C=O) groups is 1. The highest BCUT2D eigenvalue weighted by Gasteiger charge is 2.36. The molecule has 3 rings (SSSR count). The Hall–Kier alpha value is -1.46. The molecular formula is C17H23FN2O2. The number of hydrogen-bond donors (Lipinski definition) is 0. The Labute approximate surface area is 130 Å². The van der Waals surface area contributed by atoms with E-state index in [1.807, 2.05) is 19.1 Å². The summed E-state index contributed by atoms with van der Waals surface area (Å²) in [6.45, 7) is 6.54.